The van der Waals surface area contributed by atoms with E-state index in [0.717, 1.165) is 11.1 Å². The molecule has 0 spiro atoms. The maximum atomic E-state index is 14.4. The molecule has 0 bridgehead atoms. The molecule has 0 radical (unpaired) electrons. The van der Waals surface area contributed by atoms with Crippen molar-refractivity contribution in [1.29, 1.82) is 0 Å². The number of nitrogens with one attached hydrogen (secondary N) is 1. The van der Waals surface area contributed by atoms with Gasteiger partial charge < -0.3 is 20.5 Å². The first-order valence-corrected chi connectivity index (χ1v) is 9.43. The van der Waals surface area contributed by atoms with E-state index in [1.807, 2.05) is 12.1 Å². The third-order valence-electron chi connectivity index (χ3n) is 4.40. The van der Waals surface area contributed by atoms with Crippen molar-refractivity contribution in [2.75, 3.05) is 26.3 Å². The van der Waals surface area contributed by atoms with E-state index in [2.05, 4.69) is 10.3 Å². The van der Waals surface area contributed by atoms with Crippen LogP contribution in [0.3, 0.4) is 0 Å². The maximum Gasteiger partial charge on any atom is 0.344 e. The number of hydrogen-bond donors (Lipinski definition) is 2. The minimum absolute atomic E-state index is 0.157. The Morgan fingerprint density at radius 3 is 2.76 bits per heavy atom. The summed E-state index contributed by atoms with van der Waals surface area (Å²) in [5.41, 5.74) is 9.41. The van der Waals surface area contributed by atoms with Gasteiger partial charge in [0.15, 0.2) is 6.61 Å². The number of carbonyl (C=O) groups is 1. The molecule has 0 atom stereocenters. The zero-order valence-electron chi connectivity index (χ0n) is 16.3. The van der Waals surface area contributed by atoms with Gasteiger partial charge in [0.1, 0.15) is 11.6 Å². The molecule has 0 saturated carbocycles. The number of ether oxygens (including phenoxy) is 2. The summed E-state index contributed by atoms with van der Waals surface area (Å²) in [6.45, 7) is 3.31. The molecule has 0 unspecified atom stereocenters. The van der Waals surface area contributed by atoms with Gasteiger partial charge in [-0.1, -0.05) is 24.3 Å². The van der Waals surface area contributed by atoms with Gasteiger partial charge in [-0.25, -0.2) is 9.18 Å². The predicted octanol–water partition coefficient (Wildman–Crippen LogP) is 2.57. The van der Waals surface area contributed by atoms with Crippen LogP contribution >= 0.6 is 0 Å². The second kappa shape index (κ2) is 9.84. The molecule has 2 aromatic carbocycles. The van der Waals surface area contributed by atoms with Crippen molar-refractivity contribution in [2.24, 2.45) is 10.7 Å². The molecule has 3 rings (SSSR count). The number of hydrogen-bond acceptors (Lipinski definition) is 6. The molecule has 0 aromatic heterocycles. The molecule has 6 nitrogen and oxygen atoms in total. The van der Waals surface area contributed by atoms with E-state index in [1.165, 1.54) is 6.07 Å². The number of benzene rings is 2. The molecule has 0 saturated heterocycles. The molecule has 2 aromatic rings. The van der Waals surface area contributed by atoms with Crippen LogP contribution in [0.5, 0.6) is 5.75 Å². The number of halogens is 1. The van der Waals surface area contributed by atoms with Crippen LogP contribution in [-0.4, -0.2) is 38.0 Å². The number of esters is 1. The summed E-state index contributed by atoms with van der Waals surface area (Å²) >= 11 is 0. The van der Waals surface area contributed by atoms with Gasteiger partial charge in [-0.2, -0.15) is 0 Å². The van der Waals surface area contributed by atoms with E-state index in [9.17, 15) is 9.18 Å². The van der Waals surface area contributed by atoms with Gasteiger partial charge in [0.2, 0.25) is 0 Å². The molecule has 3 N–H and O–H groups in total. The first-order valence-electron chi connectivity index (χ1n) is 9.43. The van der Waals surface area contributed by atoms with Crippen LogP contribution in [0.1, 0.15) is 18.1 Å². The summed E-state index contributed by atoms with van der Waals surface area (Å²) in [6, 6.07) is 13.8. The summed E-state index contributed by atoms with van der Waals surface area (Å²) < 4.78 is 24.7. The molecule has 0 fully saturated rings. The maximum absolute atomic E-state index is 14.4. The van der Waals surface area contributed by atoms with Crippen LogP contribution in [0.2, 0.25) is 0 Å². The monoisotopic (exact) mass is 397 g/mol. The minimum Gasteiger partial charge on any atom is -0.482 e. The highest BCUT2D eigenvalue weighted by molar-refractivity contribution is 6.13. The minimum atomic E-state index is -0.422. The summed E-state index contributed by atoms with van der Waals surface area (Å²) in [7, 11) is 0. The molecule has 7 heteroatoms. The normalized spacial score (nSPS) is 14.2. The number of nitrogens with zero attached hydrogens (tertiary/aromatic N) is 1. The second-order valence-electron chi connectivity index (χ2n) is 6.49. The first-order chi connectivity index (χ1) is 14.1. The van der Waals surface area contributed by atoms with Crippen LogP contribution in [-0.2, 0) is 16.1 Å². The van der Waals surface area contributed by atoms with Crippen molar-refractivity contribution >= 4 is 11.7 Å². The molecule has 1 aliphatic rings. The standard InChI is InChI=1S/C22H24FN3O3/c1-2-28-21(27)14-29-16-7-5-6-15(10-16)11-26-22(18-12-25-13-20(18)24)17-8-3-4-9-19(17)23/h3-10,25H,2,11-14,24H2,1H3. The van der Waals surface area contributed by atoms with E-state index in [-0.39, 0.29) is 12.4 Å². The van der Waals surface area contributed by atoms with Crippen LogP contribution in [0, 0.1) is 5.82 Å². The highest BCUT2D eigenvalue weighted by Gasteiger charge is 2.20. The van der Waals surface area contributed by atoms with Crippen molar-refractivity contribution in [3.63, 3.8) is 0 Å². The van der Waals surface area contributed by atoms with Gasteiger partial charge >= 0.3 is 5.97 Å². The van der Waals surface area contributed by atoms with Gasteiger partial charge in [0, 0.05) is 29.9 Å². The lowest BCUT2D eigenvalue weighted by Crippen LogP contribution is -2.15. The number of nitrogens with two attached hydrogens (primary N) is 1. The van der Waals surface area contributed by atoms with Crippen molar-refractivity contribution in [3.8, 4) is 5.75 Å². The fraction of sp³-hybridized carbons (Fsp3) is 0.273. The Kier molecular flexibility index (Phi) is 6.97. The van der Waals surface area contributed by atoms with Crippen LogP contribution in [0.25, 0.3) is 0 Å². The second-order valence-corrected chi connectivity index (χ2v) is 6.49. The highest BCUT2D eigenvalue weighted by atomic mass is 19.1. The Hall–Kier alpha value is -3.19. The van der Waals surface area contributed by atoms with E-state index in [0.29, 0.717) is 49.0 Å². The van der Waals surface area contributed by atoms with Crippen LogP contribution < -0.4 is 15.8 Å². The number of aliphatic imine (C=N–C) groups is 1. The summed E-state index contributed by atoms with van der Waals surface area (Å²) in [5.74, 6) is -0.224. The van der Waals surface area contributed by atoms with Gasteiger partial charge in [-0.05, 0) is 36.8 Å². The largest absolute Gasteiger partial charge is 0.482 e. The zero-order valence-corrected chi connectivity index (χ0v) is 16.3. The Balaban J connectivity index is 1.81. The van der Waals surface area contributed by atoms with Crippen LogP contribution in [0.4, 0.5) is 4.39 Å². The Morgan fingerprint density at radius 2 is 2.03 bits per heavy atom. The SMILES string of the molecule is CCOC(=O)COc1cccc(CN=C(C2=C(N)CNC2)c2ccccc2F)c1. The number of rotatable bonds is 8. The summed E-state index contributed by atoms with van der Waals surface area (Å²) in [4.78, 5) is 16.1. The van der Waals surface area contributed by atoms with Crippen molar-refractivity contribution in [1.82, 2.24) is 5.32 Å². The quantitative estimate of drug-likeness (QED) is 0.528. The molecule has 0 aliphatic carbocycles. The highest BCUT2D eigenvalue weighted by Crippen LogP contribution is 2.20. The van der Waals surface area contributed by atoms with Crippen molar-refractivity contribution in [2.45, 2.75) is 13.5 Å². The zero-order chi connectivity index (χ0) is 20.6. The van der Waals surface area contributed by atoms with E-state index >= 15 is 0 Å². The van der Waals surface area contributed by atoms with Crippen molar-refractivity contribution < 1.29 is 18.7 Å². The third-order valence-corrected chi connectivity index (χ3v) is 4.40. The van der Waals surface area contributed by atoms with Gasteiger partial charge in [-0.15, -0.1) is 0 Å². The molecular formula is C22H24FN3O3. The van der Waals surface area contributed by atoms with Gasteiger partial charge in [0.05, 0.1) is 18.9 Å². The Morgan fingerprint density at radius 1 is 1.21 bits per heavy atom. The topological polar surface area (TPSA) is 85.9 Å². The average Bonchev–Trinajstić information content (AvgIpc) is 3.14. The molecule has 1 heterocycles. The fourth-order valence-corrected chi connectivity index (χ4v) is 3.02. The fourth-order valence-electron chi connectivity index (χ4n) is 3.02. The molecule has 29 heavy (non-hydrogen) atoms. The smallest absolute Gasteiger partial charge is 0.344 e. The first kappa shape index (κ1) is 20.5. The molecule has 152 valence electrons. The van der Waals surface area contributed by atoms with Crippen LogP contribution in [0.15, 0.2) is 64.8 Å². The Bertz CT molecular complexity index is 940. The Labute approximate surface area is 169 Å². The number of carbonyl (C=O) groups excluding carboxylic acids is 1. The lowest BCUT2D eigenvalue weighted by atomic mass is 10.0. The predicted molar refractivity (Wildman–Crippen MR) is 109 cm³/mol. The lowest BCUT2D eigenvalue weighted by molar-refractivity contribution is -0.145. The van der Waals surface area contributed by atoms with E-state index < -0.39 is 5.97 Å². The third kappa shape index (κ3) is 5.42. The molecule has 0 amide bonds. The van der Waals surface area contributed by atoms with Gasteiger partial charge in [-0.3, -0.25) is 4.99 Å². The van der Waals surface area contributed by atoms with Crippen molar-refractivity contribution in [3.05, 3.63) is 76.7 Å². The molecular weight excluding hydrogens is 373 g/mol. The summed E-state index contributed by atoms with van der Waals surface area (Å²) in [5, 5.41) is 3.17. The average molecular weight is 397 g/mol. The lowest BCUT2D eigenvalue weighted by Gasteiger charge is -2.11. The van der Waals surface area contributed by atoms with Gasteiger partial charge in [0.25, 0.3) is 0 Å². The summed E-state index contributed by atoms with van der Waals surface area (Å²) in [6.07, 6.45) is 0. The van der Waals surface area contributed by atoms with E-state index in [4.69, 9.17) is 15.2 Å². The van der Waals surface area contributed by atoms with E-state index in [1.54, 1.807) is 37.3 Å². The molecule has 1 aliphatic heterocycles.